The minimum atomic E-state index is -0.308. The highest BCUT2D eigenvalue weighted by molar-refractivity contribution is 5.62. The highest BCUT2D eigenvalue weighted by atomic mass is 16.6. The van der Waals surface area contributed by atoms with E-state index in [9.17, 15) is 10.1 Å². The predicted molar refractivity (Wildman–Crippen MR) is 81.0 cm³/mol. The van der Waals surface area contributed by atoms with E-state index < -0.39 is 0 Å². The van der Waals surface area contributed by atoms with Gasteiger partial charge >= 0.3 is 0 Å². The van der Waals surface area contributed by atoms with E-state index in [0.717, 1.165) is 12.1 Å². The minimum Gasteiger partial charge on any atom is -0.380 e. The molecule has 20 heavy (non-hydrogen) atoms. The van der Waals surface area contributed by atoms with E-state index in [-0.39, 0.29) is 10.6 Å². The molecule has 1 aliphatic rings. The summed E-state index contributed by atoms with van der Waals surface area (Å²) >= 11 is 0. The van der Waals surface area contributed by atoms with Gasteiger partial charge in [0.1, 0.15) is 5.69 Å². The number of hydrogen-bond acceptors (Lipinski definition) is 4. The Kier molecular flexibility index (Phi) is 4.95. The molecular weight excluding hydrogens is 254 g/mol. The van der Waals surface area contributed by atoms with Crippen LogP contribution in [-0.4, -0.2) is 29.5 Å². The topological polar surface area (TPSA) is 58.4 Å². The molecule has 0 atom stereocenters. The van der Waals surface area contributed by atoms with Gasteiger partial charge in [-0.2, -0.15) is 0 Å². The van der Waals surface area contributed by atoms with Crippen molar-refractivity contribution < 1.29 is 4.92 Å². The van der Waals surface area contributed by atoms with Gasteiger partial charge in [0, 0.05) is 25.2 Å². The van der Waals surface area contributed by atoms with Crippen molar-refractivity contribution in [3.63, 3.8) is 0 Å². The van der Waals surface area contributed by atoms with Crippen LogP contribution in [0.1, 0.15) is 38.2 Å². The van der Waals surface area contributed by atoms with Gasteiger partial charge in [-0.05, 0) is 38.4 Å². The Morgan fingerprint density at radius 3 is 2.70 bits per heavy atom. The third-order valence-corrected chi connectivity index (χ3v) is 4.01. The lowest BCUT2D eigenvalue weighted by Crippen LogP contribution is -2.28. The summed E-state index contributed by atoms with van der Waals surface area (Å²) in [6.07, 6.45) is 5.09. The van der Waals surface area contributed by atoms with Crippen LogP contribution >= 0.6 is 0 Å². The SMILES string of the molecule is CCNc1ccc(CN(C)C2CCCC2)cc1[N+](=O)[O-]. The third-order valence-electron chi connectivity index (χ3n) is 4.01. The number of benzene rings is 1. The van der Waals surface area contributed by atoms with E-state index in [1.54, 1.807) is 6.07 Å². The molecule has 1 saturated carbocycles. The summed E-state index contributed by atoms with van der Waals surface area (Å²) in [7, 11) is 2.11. The zero-order chi connectivity index (χ0) is 14.5. The van der Waals surface area contributed by atoms with Crippen LogP contribution in [0.4, 0.5) is 11.4 Å². The molecule has 1 N–H and O–H groups in total. The van der Waals surface area contributed by atoms with Crippen molar-refractivity contribution in [3.05, 3.63) is 33.9 Å². The van der Waals surface area contributed by atoms with E-state index in [1.807, 2.05) is 19.1 Å². The number of rotatable bonds is 6. The van der Waals surface area contributed by atoms with Gasteiger partial charge in [0.25, 0.3) is 5.69 Å². The fraction of sp³-hybridized carbons (Fsp3) is 0.600. The Bertz CT molecular complexity index is 470. The average molecular weight is 277 g/mol. The molecule has 0 amide bonds. The van der Waals surface area contributed by atoms with Gasteiger partial charge in [0.2, 0.25) is 0 Å². The first-order chi connectivity index (χ1) is 9.61. The maximum atomic E-state index is 11.1. The van der Waals surface area contributed by atoms with Crippen LogP contribution in [-0.2, 0) is 6.54 Å². The molecule has 5 nitrogen and oxygen atoms in total. The Labute approximate surface area is 120 Å². The molecule has 1 aromatic rings. The summed E-state index contributed by atoms with van der Waals surface area (Å²) in [6, 6.07) is 6.13. The summed E-state index contributed by atoms with van der Waals surface area (Å²) in [5.74, 6) is 0. The highest BCUT2D eigenvalue weighted by Gasteiger charge is 2.20. The zero-order valence-corrected chi connectivity index (χ0v) is 12.3. The molecule has 0 aliphatic heterocycles. The predicted octanol–water partition coefficient (Wildman–Crippen LogP) is 3.40. The normalized spacial score (nSPS) is 15.8. The lowest BCUT2D eigenvalue weighted by molar-refractivity contribution is -0.384. The molecular formula is C15H23N3O2. The van der Waals surface area contributed by atoms with Gasteiger partial charge in [0.05, 0.1) is 4.92 Å². The second kappa shape index (κ2) is 6.70. The Morgan fingerprint density at radius 1 is 1.40 bits per heavy atom. The summed E-state index contributed by atoms with van der Waals surface area (Å²) in [5.41, 5.74) is 1.78. The highest BCUT2D eigenvalue weighted by Crippen LogP contribution is 2.28. The molecule has 0 heterocycles. The summed E-state index contributed by atoms with van der Waals surface area (Å²) in [4.78, 5) is 13.2. The van der Waals surface area contributed by atoms with Gasteiger partial charge in [-0.3, -0.25) is 15.0 Å². The number of anilines is 1. The van der Waals surface area contributed by atoms with Crippen LogP contribution in [0.5, 0.6) is 0 Å². The fourth-order valence-electron chi connectivity index (χ4n) is 2.93. The number of nitrogens with zero attached hydrogens (tertiary/aromatic N) is 2. The summed E-state index contributed by atoms with van der Waals surface area (Å²) < 4.78 is 0. The van der Waals surface area contributed by atoms with E-state index in [4.69, 9.17) is 0 Å². The van der Waals surface area contributed by atoms with Gasteiger partial charge in [-0.25, -0.2) is 0 Å². The van der Waals surface area contributed by atoms with Crippen molar-refractivity contribution in [2.75, 3.05) is 18.9 Å². The van der Waals surface area contributed by atoms with Gasteiger partial charge < -0.3 is 5.32 Å². The summed E-state index contributed by atoms with van der Waals surface area (Å²) in [6.45, 7) is 3.39. The quantitative estimate of drug-likeness (QED) is 0.639. The molecule has 1 aliphatic carbocycles. The van der Waals surface area contributed by atoms with Crippen LogP contribution in [0.25, 0.3) is 0 Å². The number of hydrogen-bond donors (Lipinski definition) is 1. The average Bonchev–Trinajstić information content (AvgIpc) is 2.94. The number of nitro benzene ring substituents is 1. The number of nitro groups is 1. The van der Waals surface area contributed by atoms with Crippen LogP contribution in [0, 0.1) is 10.1 Å². The smallest absolute Gasteiger partial charge is 0.292 e. The fourth-order valence-corrected chi connectivity index (χ4v) is 2.93. The molecule has 0 bridgehead atoms. The maximum absolute atomic E-state index is 11.1. The van der Waals surface area contributed by atoms with Crippen LogP contribution < -0.4 is 5.32 Å². The minimum absolute atomic E-state index is 0.171. The second-order valence-corrected chi connectivity index (χ2v) is 5.49. The Hall–Kier alpha value is -1.62. The van der Waals surface area contributed by atoms with Gasteiger partial charge in [0.15, 0.2) is 0 Å². The first kappa shape index (κ1) is 14.8. The van der Waals surface area contributed by atoms with E-state index in [0.29, 0.717) is 18.3 Å². The van der Waals surface area contributed by atoms with Gasteiger partial charge in [-0.1, -0.05) is 18.9 Å². The lowest BCUT2D eigenvalue weighted by atomic mass is 10.1. The third kappa shape index (κ3) is 3.48. The molecule has 2 rings (SSSR count). The summed E-state index contributed by atoms with van der Waals surface area (Å²) in [5, 5.41) is 14.2. The van der Waals surface area contributed by atoms with E-state index in [1.165, 1.54) is 25.7 Å². The van der Waals surface area contributed by atoms with Crippen molar-refractivity contribution in [3.8, 4) is 0 Å². The molecule has 0 unspecified atom stereocenters. The molecule has 0 spiro atoms. The van der Waals surface area contributed by atoms with Crippen LogP contribution in [0.15, 0.2) is 18.2 Å². The monoisotopic (exact) mass is 277 g/mol. The van der Waals surface area contributed by atoms with Crippen molar-refractivity contribution in [2.45, 2.75) is 45.2 Å². The van der Waals surface area contributed by atoms with Crippen molar-refractivity contribution in [1.29, 1.82) is 0 Å². The van der Waals surface area contributed by atoms with Gasteiger partial charge in [-0.15, -0.1) is 0 Å². The van der Waals surface area contributed by atoms with E-state index >= 15 is 0 Å². The standard InChI is InChI=1S/C15H23N3O2/c1-3-16-14-9-8-12(10-15(14)18(19)20)11-17(2)13-6-4-5-7-13/h8-10,13,16H,3-7,11H2,1-2H3. The molecule has 0 saturated heterocycles. The molecule has 5 heteroatoms. The Balaban J connectivity index is 2.11. The maximum Gasteiger partial charge on any atom is 0.292 e. The first-order valence-electron chi connectivity index (χ1n) is 7.33. The molecule has 1 fully saturated rings. The zero-order valence-electron chi connectivity index (χ0n) is 12.3. The van der Waals surface area contributed by atoms with Crippen LogP contribution in [0.3, 0.4) is 0 Å². The lowest BCUT2D eigenvalue weighted by Gasteiger charge is -2.24. The molecule has 0 radical (unpaired) electrons. The molecule has 1 aromatic carbocycles. The number of nitrogens with one attached hydrogen (secondary N) is 1. The first-order valence-corrected chi connectivity index (χ1v) is 7.33. The van der Waals surface area contributed by atoms with Crippen molar-refractivity contribution in [1.82, 2.24) is 4.90 Å². The Morgan fingerprint density at radius 2 is 2.10 bits per heavy atom. The largest absolute Gasteiger partial charge is 0.380 e. The molecule has 0 aromatic heterocycles. The van der Waals surface area contributed by atoms with E-state index in [2.05, 4.69) is 17.3 Å². The van der Waals surface area contributed by atoms with Crippen molar-refractivity contribution in [2.24, 2.45) is 0 Å². The van der Waals surface area contributed by atoms with Crippen molar-refractivity contribution >= 4 is 11.4 Å². The molecule has 110 valence electrons. The second-order valence-electron chi connectivity index (χ2n) is 5.49. The van der Waals surface area contributed by atoms with Crippen LogP contribution in [0.2, 0.25) is 0 Å².